The fourth-order valence-electron chi connectivity index (χ4n) is 2.15. The molecule has 0 bridgehead atoms. The number of aryl methyl sites for hydroxylation is 1. The van der Waals surface area contributed by atoms with Crippen LogP contribution in [0.1, 0.15) is 17.5 Å². The summed E-state index contributed by atoms with van der Waals surface area (Å²) >= 11 is 0. The molecule has 2 N–H and O–H groups in total. The molecule has 0 aliphatic carbocycles. The average Bonchev–Trinajstić information content (AvgIpc) is 2.53. The summed E-state index contributed by atoms with van der Waals surface area (Å²) in [6, 6.07) is 19.3. The van der Waals surface area contributed by atoms with Crippen LogP contribution in [0.3, 0.4) is 0 Å². The summed E-state index contributed by atoms with van der Waals surface area (Å²) in [5, 5.41) is 0. The molecule has 0 saturated heterocycles. The van der Waals surface area contributed by atoms with Crippen LogP contribution in [0.2, 0.25) is 0 Å². The Morgan fingerprint density at radius 2 is 1.52 bits per heavy atom. The molecule has 2 rings (SSSR count). The second-order valence-corrected chi connectivity index (χ2v) is 5.05. The van der Waals surface area contributed by atoms with Crippen LogP contribution in [0.4, 0.5) is 0 Å². The van der Waals surface area contributed by atoms with Gasteiger partial charge in [0.05, 0.1) is 6.61 Å². The zero-order valence-electron chi connectivity index (χ0n) is 12.1. The summed E-state index contributed by atoms with van der Waals surface area (Å²) < 4.78 is 5.23. The fraction of sp³-hybridized carbons (Fsp3) is 0.278. The molecule has 0 fully saturated rings. The first-order valence-electron chi connectivity index (χ1n) is 7.26. The molecule has 0 radical (unpaired) electrons. The number of nitrogens with two attached hydrogens (primary N) is 1. The van der Waals surface area contributed by atoms with E-state index in [9.17, 15) is 4.79 Å². The van der Waals surface area contributed by atoms with E-state index in [0.717, 1.165) is 18.4 Å². The molecule has 0 heterocycles. The predicted molar refractivity (Wildman–Crippen MR) is 83.8 cm³/mol. The third-order valence-electron chi connectivity index (χ3n) is 3.30. The van der Waals surface area contributed by atoms with Crippen molar-refractivity contribution in [2.45, 2.75) is 25.3 Å². The smallest absolute Gasteiger partial charge is 0.323 e. The maximum Gasteiger partial charge on any atom is 0.323 e. The molecule has 0 amide bonds. The quantitative estimate of drug-likeness (QED) is 0.628. The maximum atomic E-state index is 11.8. The first-order chi connectivity index (χ1) is 10.3. The van der Waals surface area contributed by atoms with Gasteiger partial charge in [-0.05, 0) is 30.4 Å². The molecule has 21 heavy (non-hydrogen) atoms. The Hall–Kier alpha value is -2.13. The van der Waals surface area contributed by atoms with Gasteiger partial charge in [0.15, 0.2) is 0 Å². The molecular formula is C18H21NO2. The molecule has 2 aromatic rings. The summed E-state index contributed by atoms with van der Waals surface area (Å²) in [5.74, 6) is -0.327. The lowest BCUT2D eigenvalue weighted by Crippen LogP contribution is -2.34. The van der Waals surface area contributed by atoms with Crippen molar-refractivity contribution in [1.29, 1.82) is 0 Å². The zero-order valence-corrected chi connectivity index (χ0v) is 12.1. The van der Waals surface area contributed by atoms with Gasteiger partial charge in [-0.25, -0.2) is 0 Å². The van der Waals surface area contributed by atoms with E-state index < -0.39 is 6.04 Å². The van der Waals surface area contributed by atoms with E-state index in [-0.39, 0.29) is 5.97 Å². The average molecular weight is 283 g/mol. The van der Waals surface area contributed by atoms with Crippen molar-refractivity contribution in [3.05, 3.63) is 71.8 Å². The predicted octanol–water partition coefficient (Wildman–Crippen LogP) is 2.73. The molecule has 3 heteroatoms. The molecule has 0 aliphatic heterocycles. The highest BCUT2D eigenvalue weighted by atomic mass is 16.5. The first-order valence-corrected chi connectivity index (χ1v) is 7.26. The summed E-state index contributed by atoms with van der Waals surface area (Å²) in [5.41, 5.74) is 8.17. The summed E-state index contributed by atoms with van der Waals surface area (Å²) in [4.78, 5) is 11.8. The Balaban J connectivity index is 1.67. The highest BCUT2D eigenvalue weighted by Gasteiger charge is 2.15. The van der Waals surface area contributed by atoms with Crippen LogP contribution < -0.4 is 5.73 Å². The lowest BCUT2D eigenvalue weighted by Gasteiger charge is -2.11. The summed E-state index contributed by atoms with van der Waals surface area (Å²) in [6.45, 7) is 0.413. The van der Waals surface area contributed by atoms with Gasteiger partial charge < -0.3 is 10.5 Å². The monoisotopic (exact) mass is 283 g/mol. The number of carbonyl (C=O) groups is 1. The number of ether oxygens (including phenoxy) is 1. The molecule has 0 saturated carbocycles. The Morgan fingerprint density at radius 1 is 0.952 bits per heavy atom. The number of hydrogen-bond acceptors (Lipinski definition) is 3. The fourth-order valence-corrected chi connectivity index (χ4v) is 2.15. The number of hydrogen-bond donors (Lipinski definition) is 1. The molecule has 0 aromatic heterocycles. The Morgan fingerprint density at radius 3 is 2.14 bits per heavy atom. The molecule has 1 atom stereocenters. The summed E-state index contributed by atoms with van der Waals surface area (Å²) in [6.07, 6.45) is 2.23. The van der Waals surface area contributed by atoms with Gasteiger partial charge in [-0.3, -0.25) is 4.79 Å². The minimum Gasteiger partial charge on any atom is -0.465 e. The standard InChI is InChI=1S/C18H21NO2/c19-17(14-16-10-5-2-6-11-16)18(20)21-13-7-12-15-8-3-1-4-9-15/h1-6,8-11,17H,7,12-14,19H2. The third-order valence-corrected chi connectivity index (χ3v) is 3.30. The second kappa shape index (κ2) is 8.22. The Labute approximate surface area is 125 Å². The van der Waals surface area contributed by atoms with Gasteiger partial charge in [0.2, 0.25) is 0 Å². The van der Waals surface area contributed by atoms with E-state index in [2.05, 4.69) is 12.1 Å². The highest BCUT2D eigenvalue weighted by molar-refractivity contribution is 5.75. The van der Waals surface area contributed by atoms with E-state index in [0.29, 0.717) is 13.0 Å². The second-order valence-electron chi connectivity index (χ2n) is 5.05. The van der Waals surface area contributed by atoms with Crippen LogP contribution in [0.25, 0.3) is 0 Å². The SMILES string of the molecule is NC(Cc1ccccc1)C(=O)OCCCc1ccccc1. The molecular weight excluding hydrogens is 262 g/mol. The molecule has 0 aliphatic rings. The van der Waals surface area contributed by atoms with E-state index in [1.165, 1.54) is 5.56 Å². The van der Waals surface area contributed by atoms with E-state index >= 15 is 0 Å². The van der Waals surface area contributed by atoms with Gasteiger partial charge in [0.25, 0.3) is 0 Å². The van der Waals surface area contributed by atoms with Crippen LogP contribution in [0.15, 0.2) is 60.7 Å². The minimum atomic E-state index is -0.593. The lowest BCUT2D eigenvalue weighted by molar-refractivity contribution is -0.145. The van der Waals surface area contributed by atoms with Gasteiger partial charge in [0.1, 0.15) is 6.04 Å². The van der Waals surface area contributed by atoms with Crippen molar-refractivity contribution in [3.8, 4) is 0 Å². The minimum absolute atomic E-state index is 0.327. The van der Waals surface area contributed by atoms with Crippen LogP contribution >= 0.6 is 0 Å². The van der Waals surface area contributed by atoms with Crippen molar-refractivity contribution in [3.63, 3.8) is 0 Å². The van der Waals surface area contributed by atoms with Crippen LogP contribution in [0.5, 0.6) is 0 Å². The Kier molecular flexibility index (Phi) is 5.98. The lowest BCUT2D eigenvalue weighted by atomic mass is 10.1. The molecule has 110 valence electrons. The summed E-state index contributed by atoms with van der Waals surface area (Å²) in [7, 11) is 0. The molecule has 1 unspecified atom stereocenters. The van der Waals surface area contributed by atoms with E-state index in [1.807, 2.05) is 48.5 Å². The van der Waals surface area contributed by atoms with Gasteiger partial charge in [-0.15, -0.1) is 0 Å². The molecule has 3 nitrogen and oxygen atoms in total. The van der Waals surface area contributed by atoms with Crippen LogP contribution in [-0.4, -0.2) is 18.6 Å². The maximum absolute atomic E-state index is 11.8. The topological polar surface area (TPSA) is 52.3 Å². The number of esters is 1. The number of benzene rings is 2. The van der Waals surface area contributed by atoms with Gasteiger partial charge >= 0.3 is 5.97 Å². The highest BCUT2D eigenvalue weighted by Crippen LogP contribution is 2.05. The van der Waals surface area contributed by atoms with Crippen molar-refractivity contribution < 1.29 is 9.53 Å². The Bertz CT molecular complexity index is 540. The number of carbonyl (C=O) groups excluding carboxylic acids is 1. The van der Waals surface area contributed by atoms with Gasteiger partial charge in [0, 0.05) is 0 Å². The normalized spacial score (nSPS) is 11.9. The van der Waals surface area contributed by atoms with E-state index in [1.54, 1.807) is 0 Å². The van der Waals surface area contributed by atoms with Crippen molar-refractivity contribution in [2.24, 2.45) is 5.73 Å². The van der Waals surface area contributed by atoms with Crippen LogP contribution in [-0.2, 0) is 22.4 Å². The molecule has 2 aromatic carbocycles. The van der Waals surface area contributed by atoms with Crippen molar-refractivity contribution in [1.82, 2.24) is 0 Å². The third kappa shape index (κ3) is 5.40. The van der Waals surface area contributed by atoms with E-state index in [4.69, 9.17) is 10.5 Å². The largest absolute Gasteiger partial charge is 0.465 e. The van der Waals surface area contributed by atoms with Gasteiger partial charge in [-0.1, -0.05) is 60.7 Å². The first kappa shape index (κ1) is 15.3. The van der Waals surface area contributed by atoms with Gasteiger partial charge in [-0.2, -0.15) is 0 Å². The molecule has 0 spiro atoms. The van der Waals surface area contributed by atoms with Crippen molar-refractivity contribution >= 4 is 5.97 Å². The zero-order chi connectivity index (χ0) is 14.9. The van der Waals surface area contributed by atoms with Crippen molar-refractivity contribution in [2.75, 3.05) is 6.61 Å². The van der Waals surface area contributed by atoms with Crippen LogP contribution in [0, 0.1) is 0 Å². The number of rotatable bonds is 7.